The van der Waals surface area contributed by atoms with Gasteiger partial charge in [-0.3, -0.25) is 4.57 Å². The molecular weight excluding hydrogens is 717 g/mol. The summed E-state index contributed by atoms with van der Waals surface area (Å²) in [5, 5.41) is 10.8. The SMILES string of the molecule is c1ccc(C2c3ccccc3-c3c(-c4nc(-n5c6cc7ccccc7cc6c6cc7c8ccccc8n8c9ccccc9c(c65)c78)nc5ccccc45)cccc32)cc1. The average Bonchev–Trinajstić information content (AvgIpc) is 4.02. The minimum atomic E-state index is 0.138. The molecule has 0 saturated heterocycles. The van der Waals surface area contributed by atoms with Crippen molar-refractivity contribution in [2.75, 3.05) is 0 Å². The Bertz CT molecular complexity index is 3910. The number of hydrogen-bond donors (Lipinski definition) is 0. The highest BCUT2D eigenvalue weighted by molar-refractivity contribution is 6.34. The van der Waals surface area contributed by atoms with E-state index in [1.54, 1.807) is 0 Å². The molecule has 1 atom stereocenters. The molecule has 4 heterocycles. The summed E-state index contributed by atoms with van der Waals surface area (Å²) in [6.07, 6.45) is 0. The van der Waals surface area contributed by atoms with Crippen molar-refractivity contribution >= 4 is 81.6 Å². The summed E-state index contributed by atoms with van der Waals surface area (Å²) in [7, 11) is 0. The molecule has 1 aliphatic carbocycles. The molecule has 0 amide bonds. The fourth-order valence-corrected chi connectivity index (χ4v) is 10.7. The molecule has 0 saturated carbocycles. The van der Waals surface area contributed by atoms with E-state index in [1.165, 1.54) is 87.5 Å². The molecule has 4 aromatic heterocycles. The molecule has 4 heteroatoms. The highest BCUT2D eigenvalue weighted by Gasteiger charge is 2.33. The smallest absolute Gasteiger partial charge is 0.235 e. The predicted molar refractivity (Wildman–Crippen MR) is 244 cm³/mol. The van der Waals surface area contributed by atoms with Gasteiger partial charge in [0.2, 0.25) is 5.95 Å². The lowest BCUT2D eigenvalue weighted by Gasteiger charge is -2.16. The minimum Gasteiger partial charge on any atom is -0.308 e. The maximum absolute atomic E-state index is 5.76. The third kappa shape index (κ3) is 4.07. The predicted octanol–water partition coefficient (Wildman–Crippen LogP) is 13.9. The maximum atomic E-state index is 5.76. The monoisotopic (exact) mass is 748 g/mol. The Morgan fingerprint density at radius 1 is 0.407 bits per heavy atom. The Balaban J connectivity index is 1.15. The van der Waals surface area contributed by atoms with Crippen LogP contribution in [0.5, 0.6) is 0 Å². The molecule has 4 nitrogen and oxygen atoms in total. The van der Waals surface area contributed by atoms with E-state index >= 15 is 0 Å². The van der Waals surface area contributed by atoms with E-state index < -0.39 is 0 Å². The Kier molecular flexibility index (Phi) is 6.05. The standard InChI is InChI=1S/C55H32N4/c1-2-15-32(16-3-1)49-36-20-6-7-21-37(36)50-40(49)24-14-25-41(50)52-38-22-8-11-26-45(38)56-55(57-52)59-48-30-34-18-5-4-17-33(34)29-42(48)44-31-43-35-19-9-12-27-46(35)58-47-28-13-10-23-39(47)51(53(43)58)54(44)59/h1-31,49H. The molecule has 14 rings (SSSR count). The Morgan fingerprint density at radius 2 is 1.05 bits per heavy atom. The van der Waals surface area contributed by atoms with Crippen LogP contribution in [-0.2, 0) is 0 Å². The van der Waals surface area contributed by atoms with Crippen LogP contribution in [0.4, 0.5) is 0 Å². The first-order valence-electron chi connectivity index (χ1n) is 20.4. The van der Waals surface area contributed by atoms with Crippen LogP contribution in [0.15, 0.2) is 188 Å². The zero-order valence-electron chi connectivity index (χ0n) is 31.8. The van der Waals surface area contributed by atoms with E-state index in [4.69, 9.17) is 9.97 Å². The van der Waals surface area contributed by atoms with Crippen LogP contribution in [-0.4, -0.2) is 18.9 Å². The van der Waals surface area contributed by atoms with Gasteiger partial charge in [-0.2, -0.15) is 0 Å². The number of nitrogens with zero attached hydrogens (tertiary/aromatic N) is 4. The lowest BCUT2D eigenvalue weighted by atomic mass is 9.88. The van der Waals surface area contributed by atoms with Crippen LogP contribution in [0.25, 0.3) is 110 Å². The molecule has 13 aromatic rings. The number of fused-ring (bicyclic) bond motifs is 15. The van der Waals surface area contributed by atoms with E-state index in [0.29, 0.717) is 5.95 Å². The Morgan fingerprint density at radius 3 is 1.92 bits per heavy atom. The van der Waals surface area contributed by atoms with Crippen LogP contribution in [0.2, 0.25) is 0 Å². The molecule has 0 N–H and O–H groups in total. The van der Waals surface area contributed by atoms with Gasteiger partial charge in [0.25, 0.3) is 0 Å². The van der Waals surface area contributed by atoms with E-state index in [-0.39, 0.29) is 5.92 Å². The third-order valence-electron chi connectivity index (χ3n) is 13.1. The van der Waals surface area contributed by atoms with E-state index in [1.807, 2.05) is 0 Å². The molecule has 1 unspecified atom stereocenters. The summed E-state index contributed by atoms with van der Waals surface area (Å²) in [6, 6.07) is 68.7. The third-order valence-corrected chi connectivity index (χ3v) is 13.1. The highest BCUT2D eigenvalue weighted by atomic mass is 15.2. The Labute approximate surface area is 338 Å². The fraction of sp³-hybridized carbons (Fsp3) is 0.0182. The van der Waals surface area contributed by atoms with Gasteiger partial charge in [-0.1, -0.05) is 152 Å². The normalized spacial score (nSPS) is 13.9. The summed E-state index contributed by atoms with van der Waals surface area (Å²) < 4.78 is 4.84. The maximum Gasteiger partial charge on any atom is 0.235 e. The molecule has 0 spiro atoms. The fourth-order valence-electron chi connectivity index (χ4n) is 10.7. The van der Waals surface area contributed by atoms with Crippen molar-refractivity contribution in [2.45, 2.75) is 5.92 Å². The second kappa shape index (κ2) is 11.4. The Hall–Kier alpha value is -7.82. The molecule has 0 aliphatic heterocycles. The van der Waals surface area contributed by atoms with Gasteiger partial charge in [0.15, 0.2) is 0 Å². The van der Waals surface area contributed by atoms with Gasteiger partial charge in [0, 0.05) is 49.2 Å². The second-order valence-corrected chi connectivity index (χ2v) is 16.1. The van der Waals surface area contributed by atoms with Crippen LogP contribution in [0.1, 0.15) is 22.6 Å². The zero-order chi connectivity index (χ0) is 38.3. The molecule has 0 fully saturated rings. The van der Waals surface area contributed by atoms with Crippen LogP contribution >= 0.6 is 0 Å². The summed E-state index contributed by atoms with van der Waals surface area (Å²) in [5.74, 6) is 0.805. The molecule has 272 valence electrons. The van der Waals surface area contributed by atoms with Crippen molar-refractivity contribution in [1.29, 1.82) is 0 Å². The summed E-state index contributed by atoms with van der Waals surface area (Å²) in [5.41, 5.74) is 15.3. The molecule has 1 aliphatic rings. The van der Waals surface area contributed by atoms with Crippen molar-refractivity contribution in [3.63, 3.8) is 0 Å². The van der Waals surface area contributed by atoms with Gasteiger partial charge in [-0.25, -0.2) is 9.97 Å². The summed E-state index contributed by atoms with van der Waals surface area (Å²) in [6.45, 7) is 0. The van der Waals surface area contributed by atoms with Crippen molar-refractivity contribution < 1.29 is 0 Å². The van der Waals surface area contributed by atoms with E-state index in [9.17, 15) is 0 Å². The lowest BCUT2D eigenvalue weighted by molar-refractivity contribution is 1.01. The number of para-hydroxylation sites is 3. The molecule has 59 heavy (non-hydrogen) atoms. The first-order chi connectivity index (χ1) is 29.3. The summed E-state index contributed by atoms with van der Waals surface area (Å²) >= 11 is 0. The number of rotatable bonds is 3. The molecular formula is C55H32N4. The van der Waals surface area contributed by atoms with Gasteiger partial charge in [0.05, 0.1) is 38.8 Å². The van der Waals surface area contributed by atoms with Crippen molar-refractivity contribution in [2.24, 2.45) is 0 Å². The topological polar surface area (TPSA) is 35.1 Å². The second-order valence-electron chi connectivity index (χ2n) is 16.1. The number of benzene rings is 9. The number of aromatic nitrogens is 4. The van der Waals surface area contributed by atoms with Crippen molar-refractivity contribution in [3.8, 4) is 28.3 Å². The quantitative estimate of drug-likeness (QED) is 0.180. The largest absolute Gasteiger partial charge is 0.308 e. The van der Waals surface area contributed by atoms with Crippen LogP contribution < -0.4 is 0 Å². The average molecular weight is 749 g/mol. The van der Waals surface area contributed by atoms with Crippen molar-refractivity contribution in [3.05, 3.63) is 205 Å². The minimum absolute atomic E-state index is 0.138. The van der Waals surface area contributed by atoms with Gasteiger partial charge in [-0.05, 0) is 75.0 Å². The van der Waals surface area contributed by atoms with E-state index in [0.717, 1.165) is 33.2 Å². The first-order valence-corrected chi connectivity index (χ1v) is 20.4. The van der Waals surface area contributed by atoms with Crippen LogP contribution in [0, 0.1) is 0 Å². The zero-order valence-corrected chi connectivity index (χ0v) is 31.8. The van der Waals surface area contributed by atoms with Crippen molar-refractivity contribution in [1.82, 2.24) is 18.9 Å². The van der Waals surface area contributed by atoms with Crippen LogP contribution in [0.3, 0.4) is 0 Å². The van der Waals surface area contributed by atoms with E-state index in [2.05, 4.69) is 197 Å². The first kappa shape index (κ1) is 31.3. The van der Waals surface area contributed by atoms with Gasteiger partial charge < -0.3 is 4.40 Å². The molecule has 9 aromatic carbocycles. The van der Waals surface area contributed by atoms with Gasteiger partial charge in [-0.15, -0.1) is 0 Å². The lowest BCUT2D eigenvalue weighted by Crippen LogP contribution is -2.04. The van der Waals surface area contributed by atoms with Gasteiger partial charge in [0.1, 0.15) is 0 Å². The number of hydrogen-bond acceptors (Lipinski definition) is 2. The van der Waals surface area contributed by atoms with Gasteiger partial charge >= 0.3 is 0 Å². The molecule has 0 radical (unpaired) electrons. The highest BCUT2D eigenvalue weighted by Crippen LogP contribution is 2.52. The molecule has 0 bridgehead atoms. The summed E-state index contributed by atoms with van der Waals surface area (Å²) in [4.78, 5) is 11.3.